The molecule has 8 nitrogen and oxygen atoms in total. The minimum Gasteiger partial charge on any atom is -0.318 e. The number of hydrogen-bond acceptors (Lipinski definition) is 6. The van der Waals surface area contributed by atoms with Crippen molar-refractivity contribution in [3.8, 4) is 0 Å². The molecule has 0 aromatic heterocycles. The maximum Gasteiger partial charge on any atom is 0.313 e. The van der Waals surface area contributed by atoms with E-state index >= 15 is 0 Å². The van der Waals surface area contributed by atoms with Crippen molar-refractivity contribution in [3.05, 3.63) is 28.3 Å². The molecule has 0 spiro atoms. The van der Waals surface area contributed by atoms with Crippen molar-refractivity contribution >= 4 is 21.4 Å². The zero-order valence-electron chi connectivity index (χ0n) is 11.4. The molecule has 0 aliphatic rings. The van der Waals surface area contributed by atoms with Gasteiger partial charge in [0.25, 0.3) is 0 Å². The van der Waals surface area contributed by atoms with Crippen molar-refractivity contribution in [2.24, 2.45) is 5.84 Å². The first-order chi connectivity index (χ1) is 9.39. The molecule has 0 aliphatic heterocycles. The Labute approximate surface area is 117 Å². The van der Waals surface area contributed by atoms with Crippen molar-refractivity contribution in [2.75, 3.05) is 18.5 Å². The molecule has 0 atom stereocenters. The van der Waals surface area contributed by atoms with Crippen molar-refractivity contribution in [3.63, 3.8) is 0 Å². The zero-order chi connectivity index (χ0) is 15.3. The molecule has 0 unspecified atom stereocenters. The van der Waals surface area contributed by atoms with Crippen LogP contribution in [0.15, 0.2) is 23.1 Å². The zero-order valence-corrected chi connectivity index (χ0v) is 12.2. The van der Waals surface area contributed by atoms with E-state index in [-0.39, 0.29) is 17.1 Å². The highest BCUT2D eigenvalue weighted by atomic mass is 32.2. The van der Waals surface area contributed by atoms with E-state index in [2.05, 4.69) is 5.43 Å². The van der Waals surface area contributed by atoms with Crippen LogP contribution in [0.25, 0.3) is 0 Å². The van der Waals surface area contributed by atoms with Crippen LogP contribution in [0.2, 0.25) is 0 Å². The molecule has 9 heteroatoms. The van der Waals surface area contributed by atoms with Gasteiger partial charge in [0, 0.05) is 13.1 Å². The normalized spacial score (nSPS) is 11.6. The van der Waals surface area contributed by atoms with Gasteiger partial charge < -0.3 is 5.43 Å². The fourth-order valence-electron chi connectivity index (χ4n) is 1.87. The van der Waals surface area contributed by atoms with E-state index in [1.54, 1.807) is 6.92 Å². The lowest BCUT2D eigenvalue weighted by Crippen LogP contribution is -2.32. The van der Waals surface area contributed by atoms with Crippen LogP contribution in [0.4, 0.5) is 11.4 Å². The summed E-state index contributed by atoms with van der Waals surface area (Å²) in [5.74, 6) is 5.21. The summed E-state index contributed by atoms with van der Waals surface area (Å²) in [6.45, 7) is 4.07. The van der Waals surface area contributed by atoms with Crippen LogP contribution < -0.4 is 11.3 Å². The molecule has 0 radical (unpaired) electrons. The maximum absolute atomic E-state index is 12.5. The number of nitrogens with two attached hydrogens (primary N) is 1. The first kappa shape index (κ1) is 16.3. The van der Waals surface area contributed by atoms with Crippen LogP contribution in [-0.4, -0.2) is 30.7 Å². The van der Waals surface area contributed by atoms with Crippen LogP contribution in [0.5, 0.6) is 0 Å². The van der Waals surface area contributed by atoms with E-state index in [0.29, 0.717) is 13.0 Å². The van der Waals surface area contributed by atoms with E-state index in [0.717, 1.165) is 0 Å². The van der Waals surface area contributed by atoms with Crippen LogP contribution in [-0.2, 0) is 10.0 Å². The number of sulfonamides is 1. The number of benzene rings is 1. The number of anilines is 1. The van der Waals surface area contributed by atoms with Crippen molar-refractivity contribution in [1.29, 1.82) is 0 Å². The number of nitrogens with zero attached hydrogens (tertiary/aromatic N) is 2. The minimum atomic E-state index is -3.93. The number of nitro benzene ring substituents is 1. The Morgan fingerprint density at radius 3 is 2.50 bits per heavy atom. The van der Waals surface area contributed by atoms with E-state index in [1.807, 2.05) is 6.92 Å². The maximum atomic E-state index is 12.5. The second-order valence-electron chi connectivity index (χ2n) is 4.05. The van der Waals surface area contributed by atoms with Gasteiger partial charge in [-0.2, -0.15) is 4.31 Å². The molecule has 1 aromatic carbocycles. The molecular weight excluding hydrogens is 284 g/mol. The molecular formula is C11H18N4O4S. The number of nitro groups is 1. The largest absolute Gasteiger partial charge is 0.318 e. The fraction of sp³-hybridized carbons (Fsp3) is 0.455. The summed E-state index contributed by atoms with van der Waals surface area (Å²) in [6.07, 6.45) is 0.621. The molecule has 1 rings (SSSR count). The topological polar surface area (TPSA) is 119 Å². The molecule has 112 valence electrons. The van der Waals surface area contributed by atoms with Crippen molar-refractivity contribution in [2.45, 2.75) is 25.2 Å². The second kappa shape index (κ2) is 6.64. The Morgan fingerprint density at radius 1 is 1.40 bits per heavy atom. The van der Waals surface area contributed by atoms with Gasteiger partial charge in [-0.3, -0.25) is 16.0 Å². The fourth-order valence-corrected chi connectivity index (χ4v) is 3.59. The molecule has 0 amide bonds. The summed E-state index contributed by atoms with van der Waals surface area (Å²) in [5, 5.41) is 11.1. The summed E-state index contributed by atoms with van der Waals surface area (Å²) >= 11 is 0. The van der Waals surface area contributed by atoms with Crippen molar-refractivity contribution < 1.29 is 13.3 Å². The third kappa shape index (κ3) is 3.06. The molecule has 20 heavy (non-hydrogen) atoms. The van der Waals surface area contributed by atoms with Crippen LogP contribution in [0, 0.1) is 10.1 Å². The van der Waals surface area contributed by atoms with Crippen LogP contribution >= 0.6 is 0 Å². The van der Waals surface area contributed by atoms with Gasteiger partial charge in [0.2, 0.25) is 10.0 Å². The third-order valence-corrected chi connectivity index (χ3v) is 4.79. The highest BCUT2D eigenvalue weighted by Gasteiger charge is 2.32. The highest BCUT2D eigenvalue weighted by Crippen LogP contribution is 2.33. The average Bonchev–Trinajstić information content (AvgIpc) is 2.43. The molecule has 0 aliphatic carbocycles. The third-order valence-electron chi connectivity index (χ3n) is 2.78. The number of para-hydroxylation sites is 1. The summed E-state index contributed by atoms with van der Waals surface area (Å²) < 4.78 is 26.2. The van der Waals surface area contributed by atoms with Gasteiger partial charge >= 0.3 is 5.69 Å². The molecule has 0 bridgehead atoms. The smallest absolute Gasteiger partial charge is 0.313 e. The molecule has 0 heterocycles. The molecule has 0 fully saturated rings. The Kier molecular flexibility index (Phi) is 5.43. The predicted octanol–water partition coefficient (Wildman–Crippen LogP) is 1.30. The predicted molar refractivity (Wildman–Crippen MR) is 75.6 cm³/mol. The van der Waals surface area contributed by atoms with Gasteiger partial charge in [-0.15, -0.1) is 0 Å². The van der Waals surface area contributed by atoms with Gasteiger partial charge in [0.05, 0.1) is 4.92 Å². The molecule has 0 saturated heterocycles. The van der Waals surface area contributed by atoms with Gasteiger partial charge in [-0.25, -0.2) is 8.42 Å². The lowest BCUT2D eigenvalue weighted by Gasteiger charge is -2.20. The second-order valence-corrected chi connectivity index (χ2v) is 5.96. The van der Waals surface area contributed by atoms with E-state index in [1.165, 1.54) is 22.5 Å². The van der Waals surface area contributed by atoms with E-state index in [4.69, 9.17) is 5.84 Å². The van der Waals surface area contributed by atoms with Crippen molar-refractivity contribution in [1.82, 2.24) is 4.31 Å². The Bertz CT molecular complexity index is 588. The summed E-state index contributed by atoms with van der Waals surface area (Å²) in [4.78, 5) is 10.0. The summed E-state index contributed by atoms with van der Waals surface area (Å²) in [5.41, 5.74) is 1.58. The van der Waals surface area contributed by atoms with Crippen LogP contribution in [0.1, 0.15) is 20.3 Å². The number of hydrogen-bond donors (Lipinski definition) is 2. The number of rotatable bonds is 7. The van der Waals surface area contributed by atoms with Gasteiger partial charge in [-0.1, -0.05) is 19.9 Å². The minimum absolute atomic E-state index is 0.0383. The van der Waals surface area contributed by atoms with Gasteiger partial charge in [0.1, 0.15) is 5.69 Å². The Balaban J connectivity index is 3.49. The molecule has 1 aromatic rings. The SMILES string of the molecule is CCCN(CC)S(=O)(=O)c1cccc(NN)c1[N+](=O)[O-]. The molecule has 0 saturated carbocycles. The number of hydrazine groups is 1. The van der Waals surface area contributed by atoms with E-state index < -0.39 is 20.6 Å². The summed E-state index contributed by atoms with van der Waals surface area (Å²) in [6, 6.07) is 3.98. The monoisotopic (exact) mass is 302 g/mol. The number of nitrogens with one attached hydrogen (secondary N) is 1. The number of nitrogen functional groups attached to an aromatic ring is 1. The standard InChI is InChI=1S/C11H18N4O4S/c1-3-8-14(4-2)20(18,19)10-7-5-6-9(13-12)11(10)15(16)17/h5-7,13H,3-4,8,12H2,1-2H3. The summed E-state index contributed by atoms with van der Waals surface area (Å²) in [7, 11) is -3.93. The van der Waals surface area contributed by atoms with E-state index in [9.17, 15) is 18.5 Å². The lowest BCUT2D eigenvalue weighted by molar-refractivity contribution is -0.386. The van der Waals surface area contributed by atoms with Gasteiger partial charge in [-0.05, 0) is 18.6 Å². The average molecular weight is 302 g/mol. The quantitative estimate of drug-likeness (QED) is 0.445. The Hall–Kier alpha value is -1.71. The first-order valence-corrected chi connectivity index (χ1v) is 7.58. The lowest BCUT2D eigenvalue weighted by atomic mass is 10.3. The first-order valence-electron chi connectivity index (χ1n) is 6.14. The van der Waals surface area contributed by atoms with Gasteiger partial charge in [0.15, 0.2) is 4.90 Å². The van der Waals surface area contributed by atoms with Crippen LogP contribution in [0.3, 0.4) is 0 Å². The Morgan fingerprint density at radius 2 is 2.05 bits per heavy atom. The molecule has 3 N–H and O–H groups in total. The highest BCUT2D eigenvalue weighted by molar-refractivity contribution is 7.89.